The van der Waals surface area contributed by atoms with Gasteiger partial charge in [-0.2, -0.15) is 0 Å². The lowest BCUT2D eigenvalue weighted by Crippen LogP contribution is -2.38. The van der Waals surface area contributed by atoms with Gasteiger partial charge in [-0.15, -0.1) is 0 Å². The van der Waals surface area contributed by atoms with Crippen molar-refractivity contribution in [3.05, 3.63) is 35.4 Å². The van der Waals surface area contributed by atoms with Gasteiger partial charge in [-0.25, -0.2) is 0 Å². The molecular formula is C18H26N2. The van der Waals surface area contributed by atoms with Crippen LogP contribution in [-0.4, -0.2) is 36.6 Å². The van der Waals surface area contributed by atoms with Crippen LogP contribution in [0.25, 0.3) is 0 Å². The number of nitrogens with zero attached hydrogens (tertiary/aromatic N) is 1. The first-order chi connectivity index (χ1) is 9.88. The van der Waals surface area contributed by atoms with Crippen molar-refractivity contribution in [3.8, 4) is 0 Å². The van der Waals surface area contributed by atoms with Crippen LogP contribution in [0.3, 0.4) is 0 Å². The van der Waals surface area contributed by atoms with Crippen molar-refractivity contribution < 1.29 is 0 Å². The van der Waals surface area contributed by atoms with Gasteiger partial charge < -0.3 is 10.2 Å². The fourth-order valence-corrected chi connectivity index (χ4v) is 4.54. The van der Waals surface area contributed by atoms with Crippen LogP contribution in [0.5, 0.6) is 0 Å². The molecule has 2 bridgehead atoms. The van der Waals surface area contributed by atoms with E-state index in [1.54, 1.807) is 11.1 Å². The highest BCUT2D eigenvalue weighted by molar-refractivity contribution is 5.32. The first-order valence-corrected chi connectivity index (χ1v) is 8.45. The lowest BCUT2D eigenvalue weighted by atomic mass is 9.82. The Bertz CT molecular complexity index is 470. The molecule has 1 aromatic rings. The molecule has 2 heterocycles. The summed E-state index contributed by atoms with van der Waals surface area (Å²) in [6.07, 6.45) is 8.20. The van der Waals surface area contributed by atoms with Crippen molar-refractivity contribution in [2.45, 2.75) is 56.5 Å². The molecule has 20 heavy (non-hydrogen) atoms. The number of rotatable bonds is 2. The molecule has 1 aliphatic carbocycles. The maximum Gasteiger partial charge on any atom is 0.0198 e. The van der Waals surface area contributed by atoms with Crippen LogP contribution in [0.2, 0.25) is 0 Å². The van der Waals surface area contributed by atoms with Crippen LogP contribution in [0.4, 0.5) is 0 Å². The average Bonchev–Trinajstić information content (AvgIpc) is 2.82. The second-order valence-corrected chi connectivity index (χ2v) is 6.97. The van der Waals surface area contributed by atoms with Gasteiger partial charge in [0.2, 0.25) is 0 Å². The molecule has 2 heteroatoms. The minimum Gasteiger partial charge on any atom is -0.310 e. The van der Waals surface area contributed by atoms with Gasteiger partial charge in [0.25, 0.3) is 0 Å². The number of hydrogen-bond donors (Lipinski definition) is 1. The van der Waals surface area contributed by atoms with Gasteiger partial charge in [0.1, 0.15) is 0 Å². The Hall–Kier alpha value is -0.860. The number of aryl methyl sites for hydroxylation is 1. The van der Waals surface area contributed by atoms with Crippen LogP contribution in [0.15, 0.2) is 24.3 Å². The van der Waals surface area contributed by atoms with E-state index in [-0.39, 0.29) is 0 Å². The predicted octanol–water partition coefficient (Wildman–Crippen LogP) is 2.93. The summed E-state index contributed by atoms with van der Waals surface area (Å²) in [7, 11) is 0. The van der Waals surface area contributed by atoms with E-state index in [4.69, 9.17) is 0 Å². The van der Waals surface area contributed by atoms with Crippen molar-refractivity contribution in [2.24, 2.45) is 0 Å². The summed E-state index contributed by atoms with van der Waals surface area (Å²) in [4.78, 5) is 2.74. The smallest absolute Gasteiger partial charge is 0.0198 e. The lowest BCUT2D eigenvalue weighted by Gasteiger charge is -2.32. The minimum atomic E-state index is 0.765. The zero-order chi connectivity index (χ0) is 13.4. The van der Waals surface area contributed by atoms with Crippen LogP contribution in [-0.2, 0) is 6.42 Å². The SMILES string of the molecule is c1ccc2c(c1)CCCC2CN1CCC2CCC(C1)N2. The molecular weight excluding hydrogens is 244 g/mol. The van der Waals surface area contributed by atoms with Crippen molar-refractivity contribution in [3.63, 3.8) is 0 Å². The molecule has 0 amide bonds. The third-order valence-electron chi connectivity index (χ3n) is 5.58. The van der Waals surface area contributed by atoms with Crippen molar-refractivity contribution in [1.29, 1.82) is 0 Å². The summed E-state index contributed by atoms with van der Waals surface area (Å²) in [5.41, 5.74) is 3.25. The maximum atomic E-state index is 3.80. The van der Waals surface area contributed by atoms with E-state index in [1.165, 1.54) is 58.2 Å². The number of likely N-dealkylation sites (tertiary alicyclic amines) is 1. The molecule has 3 unspecified atom stereocenters. The Kier molecular flexibility index (Phi) is 3.53. The molecule has 1 aromatic carbocycles. The average molecular weight is 270 g/mol. The first kappa shape index (κ1) is 12.8. The quantitative estimate of drug-likeness (QED) is 0.889. The molecule has 0 spiro atoms. The standard InChI is InChI=1S/C18H26N2/c1-2-7-18-14(4-1)5-3-6-15(18)12-20-11-10-16-8-9-17(13-20)19-16/h1-2,4,7,15-17,19H,3,5-6,8-13H2. The molecule has 2 aliphatic heterocycles. The molecule has 2 nitrogen and oxygen atoms in total. The van der Waals surface area contributed by atoms with E-state index in [9.17, 15) is 0 Å². The van der Waals surface area contributed by atoms with Gasteiger partial charge in [-0.3, -0.25) is 0 Å². The number of hydrogen-bond acceptors (Lipinski definition) is 2. The number of nitrogens with one attached hydrogen (secondary N) is 1. The molecule has 2 fully saturated rings. The van der Waals surface area contributed by atoms with Crippen molar-refractivity contribution >= 4 is 0 Å². The molecule has 1 N–H and O–H groups in total. The van der Waals surface area contributed by atoms with Gasteiger partial charge in [0, 0.05) is 25.2 Å². The first-order valence-electron chi connectivity index (χ1n) is 8.45. The molecule has 4 rings (SSSR count). The Morgan fingerprint density at radius 2 is 1.95 bits per heavy atom. The predicted molar refractivity (Wildman–Crippen MR) is 83.1 cm³/mol. The van der Waals surface area contributed by atoms with Gasteiger partial charge in [0.05, 0.1) is 0 Å². The third-order valence-corrected chi connectivity index (χ3v) is 5.58. The lowest BCUT2D eigenvalue weighted by molar-refractivity contribution is 0.236. The summed E-state index contributed by atoms with van der Waals surface area (Å²) in [6.45, 7) is 3.85. The van der Waals surface area contributed by atoms with E-state index < -0.39 is 0 Å². The number of fused-ring (bicyclic) bond motifs is 3. The van der Waals surface area contributed by atoms with Crippen molar-refractivity contribution in [1.82, 2.24) is 10.2 Å². The highest BCUT2D eigenvalue weighted by atomic mass is 15.2. The third kappa shape index (κ3) is 2.51. The van der Waals surface area contributed by atoms with Crippen LogP contribution >= 0.6 is 0 Å². The van der Waals surface area contributed by atoms with Gasteiger partial charge in [-0.1, -0.05) is 24.3 Å². The molecule has 3 aliphatic rings. The van der Waals surface area contributed by atoms with E-state index in [0.29, 0.717) is 0 Å². The second-order valence-electron chi connectivity index (χ2n) is 6.97. The highest BCUT2D eigenvalue weighted by Crippen LogP contribution is 2.33. The summed E-state index contributed by atoms with van der Waals surface area (Å²) in [5.74, 6) is 0.775. The van der Waals surface area contributed by atoms with E-state index in [2.05, 4.69) is 34.5 Å². The summed E-state index contributed by atoms with van der Waals surface area (Å²) in [6, 6.07) is 10.7. The zero-order valence-corrected chi connectivity index (χ0v) is 12.4. The normalized spacial score (nSPS) is 33.7. The van der Waals surface area contributed by atoms with E-state index in [0.717, 1.165) is 18.0 Å². The van der Waals surface area contributed by atoms with Gasteiger partial charge >= 0.3 is 0 Å². The Balaban J connectivity index is 1.47. The van der Waals surface area contributed by atoms with Crippen LogP contribution < -0.4 is 5.32 Å². The molecule has 108 valence electrons. The zero-order valence-electron chi connectivity index (χ0n) is 12.4. The van der Waals surface area contributed by atoms with Gasteiger partial charge in [-0.05, 0) is 62.1 Å². The Morgan fingerprint density at radius 1 is 1.05 bits per heavy atom. The summed E-state index contributed by atoms with van der Waals surface area (Å²) in [5, 5.41) is 3.80. The monoisotopic (exact) mass is 270 g/mol. The molecule has 0 saturated carbocycles. The van der Waals surface area contributed by atoms with Gasteiger partial charge in [0.15, 0.2) is 0 Å². The maximum absolute atomic E-state index is 3.80. The highest BCUT2D eigenvalue weighted by Gasteiger charge is 2.31. The van der Waals surface area contributed by atoms with Crippen LogP contribution in [0.1, 0.15) is 49.1 Å². The van der Waals surface area contributed by atoms with Crippen molar-refractivity contribution in [2.75, 3.05) is 19.6 Å². The second kappa shape index (κ2) is 5.50. The van der Waals surface area contributed by atoms with Crippen LogP contribution in [0, 0.1) is 0 Å². The van der Waals surface area contributed by atoms with E-state index in [1.807, 2.05) is 0 Å². The number of benzene rings is 1. The summed E-state index contributed by atoms with van der Waals surface area (Å²) >= 11 is 0. The Morgan fingerprint density at radius 3 is 2.95 bits per heavy atom. The molecule has 0 radical (unpaired) electrons. The molecule has 2 saturated heterocycles. The molecule has 3 atom stereocenters. The minimum absolute atomic E-state index is 0.765. The topological polar surface area (TPSA) is 15.3 Å². The fraction of sp³-hybridized carbons (Fsp3) is 0.667. The van der Waals surface area contributed by atoms with E-state index >= 15 is 0 Å². The summed E-state index contributed by atoms with van der Waals surface area (Å²) < 4.78 is 0. The molecule has 0 aromatic heterocycles. The fourth-order valence-electron chi connectivity index (χ4n) is 4.54. The largest absolute Gasteiger partial charge is 0.310 e. The Labute approximate surface area is 122 Å².